The lowest BCUT2D eigenvalue weighted by Crippen LogP contribution is -2.29. The van der Waals surface area contributed by atoms with Crippen molar-refractivity contribution in [3.05, 3.63) is 0 Å². The summed E-state index contributed by atoms with van der Waals surface area (Å²) in [5, 5.41) is 2.69. The lowest BCUT2D eigenvalue weighted by molar-refractivity contribution is -0.129. The Morgan fingerprint density at radius 2 is 1.35 bits per heavy atom. The van der Waals surface area contributed by atoms with Gasteiger partial charge in [0.2, 0.25) is 5.91 Å². The molecule has 0 atom stereocenters. The fraction of sp³-hybridized carbons (Fsp3) is 0.875. The average molecular weight is 333 g/mol. The number of unbranched alkanes of at least 4 members (excludes halogenated alkanes) is 1. The third-order valence-electron chi connectivity index (χ3n) is 2.71. The molecule has 7 heteroatoms. The van der Waals surface area contributed by atoms with E-state index < -0.39 is 0 Å². The second-order valence-corrected chi connectivity index (χ2v) is 5.09. The van der Waals surface area contributed by atoms with E-state index in [0.29, 0.717) is 39.6 Å². The number of ketones is 1. The number of ether oxygens (including phenoxy) is 4. The Morgan fingerprint density at radius 1 is 0.783 bits per heavy atom. The standard InChI is InChI=1S/C16H31NO6/c1-3-4-7-20-9-11-22-12-10-21-8-5-6-17-16(19)14-23-13-15(2)18/h3-14H2,1-2H3,(H,17,19). The van der Waals surface area contributed by atoms with E-state index in [4.69, 9.17) is 18.9 Å². The normalized spacial score (nSPS) is 10.7. The van der Waals surface area contributed by atoms with Gasteiger partial charge in [0.15, 0.2) is 5.78 Å². The first-order valence-corrected chi connectivity index (χ1v) is 8.24. The van der Waals surface area contributed by atoms with E-state index in [0.717, 1.165) is 25.9 Å². The Morgan fingerprint density at radius 3 is 1.91 bits per heavy atom. The van der Waals surface area contributed by atoms with Gasteiger partial charge < -0.3 is 24.3 Å². The summed E-state index contributed by atoms with van der Waals surface area (Å²) < 4.78 is 21.0. The van der Waals surface area contributed by atoms with E-state index in [9.17, 15) is 9.59 Å². The van der Waals surface area contributed by atoms with E-state index in [2.05, 4.69) is 12.2 Å². The molecule has 1 N–H and O–H groups in total. The van der Waals surface area contributed by atoms with Crippen molar-refractivity contribution >= 4 is 11.7 Å². The summed E-state index contributed by atoms with van der Waals surface area (Å²) in [4.78, 5) is 21.9. The molecular weight excluding hydrogens is 302 g/mol. The number of Topliss-reactive ketones (excluding diaryl/α,β-unsaturated/α-hetero) is 1. The van der Waals surface area contributed by atoms with Crippen LogP contribution in [0.25, 0.3) is 0 Å². The molecule has 0 heterocycles. The quantitative estimate of drug-likeness (QED) is 0.399. The highest BCUT2D eigenvalue weighted by Crippen LogP contribution is 1.88. The SMILES string of the molecule is CCCCOCCOCCOCCCNC(=O)COCC(C)=O. The molecule has 0 aliphatic heterocycles. The van der Waals surface area contributed by atoms with E-state index in [1.54, 1.807) is 0 Å². The summed E-state index contributed by atoms with van der Waals surface area (Å²) in [6.07, 6.45) is 2.95. The second kappa shape index (κ2) is 17.3. The average Bonchev–Trinajstić information content (AvgIpc) is 2.51. The van der Waals surface area contributed by atoms with Crippen LogP contribution in [0.5, 0.6) is 0 Å². The van der Waals surface area contributed by atoms with Gasteiger partial charge in [0.25, 0.3) is 0 Å². The third kappa shape index (κ3) is 18.9. The van der Waals surface area contributed by atoms with Crippen molar-refractivity contribution in [3.8, 4) is 0 Å². The van der Waals surface area contributed by atoms with Crippen molar-refractivity contribution < 1.29 is 28.5 Å². The topological polar surface area (TPSA) is 83.1 Å². The molecule has 0 rings (SSSR count). The smallest absolute Gasteiger partial charge is 0.246 e. The molecule has 0 bridgehead atoms. The van der Waals surface area contributed by atoms with Gasteiger partial charge >= 0.3 is 0 Å². The molecule has 0 aliphatic carbocycles. The molecule has 0 aliphatic rings. The van der Waals surface area contributed by atoms with Crippen molar-refractivity contribution in [2.24, 2.45) is 0 Å². The number of nitrogens with one attached hydrogen (secondary N) is 1. The molecule has 23 heavy (non-hydrogen) atoms. The zero-order chi connectivity index (χ0) is 17.2. The molecule has 0 unspecified atom stereocenters. The van der Waals surface area contributed by atoms with Crippen LogP contribution < -0.4 is 5.32 Å². The van der Waals surface area contributed by atoms with E-state index in [1.807, 2.05) is 0 Å². The monoisotopic (exact) mass is 333 g/mol. The first-order valence-electron chi connectivity index (χ1n) is 8.24. The summed E-state index contributed by atoms with van der Waals surface area (Å²) in [7, 11) is 0. The molecule has 7 nitrogen and oxygen atoms in total. The third-order valence-corrected chi connectivity index (χ3v) is 2.71. The van der Waals surface area contributed by atoms with Crippen LogP contribution in [0, 0.1) is 0 Å². The number of carbonyl (C=O) groups is 2. The maximum atomic E-state index is 11.3. The number of hydrogen-bond donors (Lipinski definition) is 1. The van der Waals surface area contributed by atoms with Gasteiger partial charge in [-0.05, 0) is 19.8 Å². The summed E-state index contributed by atoms with van der Waals surface area (Å²) in [5.74, 6) is -0.321. The van der Waals surface area contributed by atoms with Crippen LogP contribution in [0.15, 0.2) is 0 Å². The molecule has 0 aromatic carbocycles. The zero-order valence-corrected chi connectivity index (χ0v) is 14.4. The van der Waals surface area contributed by atoms with Crippen LogP contribution in [0.4, 0.5) is 0 Å². The van der Waals surface area contributed by atoms with Gasteiger partial charge in [-0.25, -0.2) is 0 Å². The Balaban J connectivity index is 3.12. The van der Waals surface area contributed by atoms with Crippen LogP contribution in [0.3, 0.4) is 0 Å². The summed E-state index contributed by atoms with van der Waals surface area (Å²) >= 11 is 0. The van der Waals surface area contributed by atoms with Gasteiger partial charge in [0, 0.05) is 19.8 Å². The largest absolute Gasteiger partial charge is 0.379 e. The van der Waals surface area contributed by atoms with Gasteiger partial charge in [-0.15, -0.1) is 0 Å². The second-order valence-electron chi connectivity index (χ2n) is 5.09. The summed E-state index contributed by atoms with van der Waals surface area (Å²) in [6.45, 7) is 7.59. The Kier molecular flexibility index (Phi) is 16.6. The first kappa shape index (κ1) is 22.0. The van der Waals surface area contributed by atoms with Crippen LogP contribution in [-0.2, 0) is 28.5 Å². The molecule has 0 aromatic rings. The van der Waals surface area contributed by atoms with Crippen molar-refractivity contribution in [2.75, 3.05) is 59.4 Å². The minimum Gasteiger partial charge on any atom is -0.379 e. The number of amides is 1. The number of carbonyl (C=O) groups excluding carboxylic acids is 2. The van der Waals surface area contributed by atoms with E-state index in [1.165, 1.54) is 6.92 Å². The predicted octanol–water partition coefficient (Wildman–Crippen LogP) is 0.948. The lowest BCUT2D eigenvalue weighted by atomic mass is 10.4. The molecule has 0 fully saturated rings. The van der Waals surface area contributed by atoms with Gasteiger partial charge in [-0.2, -0.15) is 0 Å². The fourth-order valence-electron chi connectivity index (χ4n) is 1.53. The maximum Gasteiger partial charge on any atom is 0.246 e. The minimum absolute atomic E-state index is 0.0276. The van der Waals surface area contributed by atoms with Crippen LogP contribution in [0.2, 0.25) is 0 Å². The molecule has 1 amide bonds. The summed E-state index contributed by atoms with van der Waals surface area (Å²) in [5.41, 5.74) is 0. The first-order chi connectivity index (χ1) is 11.2. The molecule has 0 aromatic heterocycles. The number of hydrogen-bond acceptors (Lipinski definition) is 6. The van der Waals surface area contributed by atoms with Crippen molar-refractivity contribution in [2.45, 2.75) is 33.1 Å². The van der Waals surface area contributed by atoms with Gasteiger partial charge in [0.1, 0.15) is 13.2 Å². The van der Waals surface area contributed by atoms with Crippen molar-refractivity contribution in [1.29, 1.82) is 0 Å². The predicted molar refractivity (Wildman–Crippen MR) is 86.5 cm³/mol. The van der Waals surface area contributed by atoms with Gasteiger partial charge in [-0.3, -0.25) is 9.59 Å². The highest BCUT2D eigenvalue weighted by molar-refractivity contribution is 5.79. The Labute approximate surface area is 139 Å². The number of rotatable bonds is 17. The Hall–Kier alpha value is -1.02. The van der Waals surface area contributed by atoms with Crippen LogP contribution in [0.1, 0.15) is 33.1 Å². The Bertz CT molecular complexity index is 298. The van der Waals surface area contributed by atoms with E-state index >= 15 is 0 Å². The van der Waals surface area contributed by atoms with Gasteiger partial charge in [-0.1, -0.05) is 13.3 Å². The van der Waals surface area contributed by atoms with Crippen molar-refractivity contribution in [3.63, 3.8) is 0 Å². The highest BCUT2D eigenvalue weighted by Gasteiger charge is 2.01. The fourth-order valence-corrected chi connectivity index (χ4v) is 1.53. The van der Waals surface area contributed by atoms with Crippen LogP contribution in [-0.4, -0.2) is 71.1 Å². The zero-order valence-electron chi connectivity index (χ0n) is 14.4. The van der Waals surface area contributed by atoms with E-state index in [-0.39, 0.29) is 24.9 Å². The van der Waals surface area contributed by atoms with Crippen molar-refractivity contribution in [1.82, 2.24) is 5.32 Å². The molecule has 0 saturated carbocycles. The highest BCUT2D eigenvalue weighted by atomic mass is 16.5. The summed E-state index contributed by atoms with van der Waals surface area (Å²) in [6, 6.07) is 0. The molecule has 0 radical (unpaired) electrons. The minimum atomic E-state index is -0.224. The lowest BCUT2D eigenvalue weighted by Gasteiger charge is -2.07. The molecule has 0 saturated heterocycles. The molecule has 136 valence electrons. The van der Waals surface area contributed by atoms with Gasteiger partial charge in [0.05, 0.1) is 26.4 Å². The van der Waals surface area contributed by atoms with Crippen LogP contribution >= 0.6 is 0 Å². The molecular formula is C16H31NO6. The maximum absolute atomic E-state index is 11.3. The molecule has 0 spiro atoms.